The lowest BCUT2D eigenvalue weighted by atomic mass is 9.92. The zero-order valence-electron chi connectivity index (χ0n) is 16.0. The lowest BCUT2D eigenvalue weighted by Gasteiger charge is -2.39. The van der Waals surface area contributed by atoms with Crippen molar-refractivity contribution in [2.24, 2.45) is 0 Å². The lowest BCUT2D eigenvalue weighted by molar-refractivity contribution is -0.115. The number of piperidine rings is 1. The number of nitrogens with zero attached hydrogens (tertiary/aromatic N) is 3. The Balaban J connectivity index is 1.33. The van der Waals surface area contributed by atoms with Gasteiger partial charge < -0.3 is 10.2 Å². The predicted molar refractivity (Wildman–Crippen MR) is 108 cm³/mol. The molecular weight excluding hydrogens is 336 g/mol. The maximum absolute atomic E-state index is 12.4. The van der Waals surface area contributed by atoms with Gasteiger partial charge in [-0.25, -0.2) is 4.68 Å². The monoisotopic (exact) mass is 366 g/mol. The van der Waals surface area contributed by atoms with Crippen LogP contribution in [0.1, 0.15) is 56.6 Å². The van der Waals surface area contributed by atoms with Crippen molar-refractivity contribution in [3.8, 4) is 0 Å². The number of hydrogen-bond acceptors (Lipinski definition) is 3. The van der Waals surface area contributed by atoms with Crippen LogP contribution in [0.3, 0.4) is 0 Å². The molecule has 2 aromatic rings. The number of carbonyl (C=O) groups is 1. The van der Waals surface area contributed by atoms with Crippen molar-refractivity contribution in [1.29, 1.82) is 0 Å². The first kappa shape index (κ1) is 18.2. The van der Waals surface area contributed by atoms with Crippen LogP contribution in [0.2, 0.25) is 0 Å². The second-order valence-electron chi connectivity index (χ2n) is 7.93. The molecule has 0 bridgehead atoms. The first-order valence-corrected chi connectivity index (χ1v) is 10.4. The molecule has 2 aliphatic rings. The number of likely N-dealkylation sites (tertiary alicyclic amines) is 1. The third-order valence-corrected chi connectivity index (χ3v) is 6.08. The van der Waals surface area contributed by atoms with Crippen LogP contribution in [-0.4, -0.2) is 39.7 Å². The van der Waals surface area contributed by atoms with Gasteiger partial charge in [-0.05, 0) is 31.2 Å². The zero-order chi connectivity index (χ0) is 18.5. The minimum Gasteiger partial charge on any atom is -0.311 e. The van der Waals surface area contributed by atoms with Crippen molar-refractivity contribution in [2.75, 3.05) is 18.4 Å². The Labute approximate surface area is 161 Å². The molecule has 4 rings (SSSR count). The molecule has 1 aliphatic heterocycles. The Bertz CT molecular complexity index is 728. The number of nitrogens with one attached hydrogen (secondary N) is 1. The van der Waals surface area contributed by atoms with Gasteiger partial charge in [0.1, 0.15) is 5.82 Å². The lowest BCUT2D eigenvalue weighted by Crippen LogP contribution is -2.43. The van der Waals surface area contributed by atoms with Crippen molar-refractivity contribution < 1.29 is 4.79 Å². The first-order chi connectivity index (χ1) is 13.3. The van der Waals surface area contributed by atoms with Crippen LogP contribution >= 0.6 is 0 Å². The molecule has 1 saturated carbocycles. The maximum Gasteiger partial charge on any atom is 0.229 e. The van der Waals surface area contributed by atoms with Crippen LogP contribution in [0.25, 0.3) is 0 Å². The molecule has 1 N–H and O–H groups in total. The quantitative estimate of drug-likeness (QED) is 0.869. The predicted octanol–water partition coefficient (Wildman–Crippen LogP) is 4.03. The van der Waals surface area contributed by atoms with Crippen LogP contribution in [-0.2, 0) is 11.2 Å². The summed E-state index contributed by atoms with van der Waals surface area (Å²) in [6, 6.07) is 13.0. The van der Waals surface area contributed by atoms with Crippen molar-refractivity contribution in [2.45, 2.75) is 63.5 Å². The third kappa shape index (κ3) is 4.59. The van der Waals surface area contributed by atoms with E-state index in [9.17, 15) is 4.79 Å². The van der Waals surface area contributed by atoms with E-state index < -0.39 is 0 Å². The molecule has 5 heteroatoms. The summed E-state index contributed by atoms with van der Waals surface area (Å²) in [6.07, 6.45) is 11.3. The fourth-order valence-electron chi connectivity index (χ4n) is 4.61. The van der Waals surface area contributed by atoms with Gasteiger partial charge in [0.15, 0.2) is 0 Å². The molecule has 2 heterocycles. The van der Waals surface area contributed by atoms with Gasteiger partial charge in [-0.2, -0.15) is 5.10 Å². The zero-order valence-corrected chi connectivity index (χ0v) is 16.0. The number of benzene rings is 1. The highest BCUT2D eigenvalue weighted by Gasteiger charge is 2.28. The normalized spacial score (nSPS) is 19.9. The van der Waals surface area contributed by atoms with Crippen molar-refractivity contribution in [3.63, 3.8) is 0 Å². The highest BCUT2D eigenvalue weighted by molar-refractivity contribution is 5.91. The highest BCUT2D eigenvalue weighted by atomic mass is 16.1. The van der Waals surface area contributed by atoms with Crippen molar-refractivity contribution >= 4 is 11.7 Å². The molecule has 0 radical (unpaired) electrons. The van der Waals surface area contributed by atoms with Crippen molar-refractivity contribution in [3.05, 3.63) is 48.2 Å². The minimum atomic E-state index is 0.0163. The smallest absolute Gasteiger partial charge is 0.229 e. The Kier molecular flexibility index (Phi) is 5.87. The van der Waals surface area contributed by atoms with E-state index in [0.717, 1.165) is 43.4 Å². The summed E-state index contributed by atoms with van der Waals surface area (Å²) in [6.45, 7) is 2.29. The fourth-order valence-corrected chi connectivity index (χ4v) is 4.61. The number of hydrogen-bond donors (Lipinski definition) is 1. The number of rotatable bonds is 5. The molecular formula is C22H30N4O. The Morgan fingerprint density at radius 1 is 0.963 bits per heavy atom. The Hall–Kier alpha value is -2.14. The average Bonchev–Trinajstić information content (AvgIpc) is 3.17. The molecule has 1 aromatic heterocycles. The van der Waals surface area contributed by atoms with E-state index in [1.165, 1.54) is 32.1 Å². The summed E-state index contributed by atoms with van der Waals surface area (Å²) in [7, 11) is 0. The molecule has 0 spiro atoms. The van der Waals surface area contributed by atoms with E-state index in [1.54, 1.807) is 6.20 Å². The summed E-state index contributed by atoms with van der Waals surface area (Å²) in [5.74, 6) is 0.842. The third-order valence-electron chi connectivity index (χ3n) is 6.08. The van der Waals surface area contributed by atoms with E-state index in [0.29, 0.717) is 12.5 Å². The number of anilines is 1. The van der Waals surface area contributed by atoms with E-state index in [1.807, 2.05) is 41.1 Å². The molecule has 1 saturated heterocycles. The topological polar surface area (TPSA) is 50.2 Å². The van der Waals surface area contributed by atoms with Gasteiger partial charge >= 0.3 is 0 Å². The van der Waals surface area contributed by atoms with Crippen molar-refractivity contribution in [1.82, 2.24) is 14.7 Å². The van der Waals surface area contributed by atoms with Crippen LogP contribution in [0.5, 0.6) is 0 Å². The minimum absolute atomic E-state index is 0.0163. The SMILES string of the molecule is O=C(Cc1ccccc1)Nc1ccnn1C1CCN(C2CCCCC2)CC1. The summed E-state index contributed by atoms with van der Waals surface area (Å²) in [5.41, 5.74) is 1.03. The van der Waals surface area contributed by atoms with Gasteiger partial charge in [0.05, 0.1) is 18.7 Å². The number of amides is 1. The second kappa shape index (κ2) is 8.70. The summed E-state index contributed by atoms with van der Waals surface area (Å²) < 4.78 is 2.03. The molecule has 0 unspecified atom stereocenters. The Morgan fingerprint density at radius 2 is 1.70 bits per heavy atom. The number of aromatic nitrogens is 2. The van der Waals surface area contributed by atoms with Crippen LogP contribution in [0.15, 0.2) is 42.6 Å². The summed E-state index contributed by atoms with van der Waals surface area (Å²) in [4.78, 5) is 15.1. The molecule has 2 fully saturated rings. The standard InChI is InChI=1S/C22H30N4O/c27-22(17-18-7-3-1-4-8-18)24-21-11-14-23-26(21)20-12-15-25(16-13-20)19-9-5-2-6-10-19/h1,3-4,7-8,11,14,19-20H,2,5-6,9-10,12-13,15-17H2,(H,24,27). The van der Waals surface area contributed by atoms with Gasteiger partial charge in [0, 0.05) is 25.2 Å². The fraction of sp³-hybridized carbons (Fsp3) is 0.545. The molecule has 5 nitrogen and oxygen atoms in total. The highest BCUT2D eigenvalue weighted by Crippen LogP contribution is 2.30. The molecule has 1 aromatic carbocycles. The molecule has 27 heavy (non-hydrogen) atoms. The summed E-state index contributed by atoms with van der Waals surface area (Å²) >= 11 is 0. The van der Waals surface area contributed by atoms with Gasteiger partial charge in [-0.1, -0.05) is 49.6 Å². The second-order valence-corrected chi connectivity index (χ2v) is 7.93. The van der Waals surface area contributed by atoms with Crippen LogP contribution in [0.4, 0.5) is 5.82 Å². The summed E-state index contributed by atoms with van der Waals surface area (Å²) in [5, 5.41) is 7.58. The van der Waals surface area contributed by atoms with Gasteiger partial charge in [0.2, 0.25) is 5.91 Å². The van der Waals surface area contributed by atoms with Crippen LogP contribution < -0.4 is 5.32 Å². The first-order valence-electron chi connectivity index (χ1n) is 10.4. The number of carbonyl (C=O) groups excluding carboxylic acids is 1. The maximum atomic E-state index is 12.4. The average molecular weight is 367 g/mol. The van der Waals surface area contributed by atoms with Gasteiger partial charge in [-0.3, -0.25) is 4.79 Å². The van der Waals surface area contributed by atoms with Crippen LogP contribution in [0, 0.1) is 0 Å². The molecule has 1 amide bonds. The van der Waals surface area contributed by atoms with E-state index in [2.05, 4.69) is 15.3 Å². The largest absolute Gasteiger partial charge is 0.311 e. The van der Waals surface area contributed by atoms with E-state index in [4.69, 9.17) is 0 Å². The Morgan fingerprint density at radius 3 is 2.44 bits per heavy atom. The molecule has 1 aliphatic carbocycles. The van der Waals surface area contributed by atoms with Gasteiger partial charge in [-0.15, -0.1) is 0 Å². The molecule has 0 atom stereocenters. The van der Waals surface area contributed by atoms with E-state index in [-0.39, 0.29) is 5.91 Å². The molecule has 144 valence electrons. The van der Waals surface area contributed by atoms with Gasteiger partial charge in [0.25, 0.3) is 0 Å². The van der Waals surface area contributed by atoms with E-state index >= 15 is 0 Å².